The SMILES string of the molecule is C.C.C.C.CCC(CC(C)n1c2ccccc2c2ccccc21)c1ccc(CN(CC)c2ccc3c(c2)O/C(=C/C2=CC(=C(C#N)C#N)C=C(C)O2)C=C3C)cc1. The Hall–Kier alpha value is -6.24. The van der Waals surface area contributed by atoms with Crippen molar-refractivity contribution in [2.45, 2.75) is 95.7 Å². The van der Waals surface area contributed by atoms with Gasteiger partial charge in [0.1, 0.15) is 40.7 Å². The Labute approximate surface area is 342 Å². The number of nitriles is 2. The van der Waals surface area contributed by atoms with Crippen LogP contribution in [0.4, 0.5) is 5.69 Å². The molecule has 0 spiro atoms. The molecule has 7 rings (SSSR count). The number of allylic oxidation sites excluding steroid dienone is 8. The van der Waals surface area contributed by atoms with Crippen molar-refractivity contribution in [1.82, 2.24) is 4.57 Å². The van der Waals surface area contributed by atoms with Gasteiger partial charge in [0, 0.05) is 69.9 Å². The maximum absolute atomic E-state index is 9.37. The highest BCUT2D eigenvalue weighted by Crippen LogP contribution is 2.39. The first-order chi connectivity index (χ1) is 25.8. The molecule has 0 aliphatic carbocycles. The minimum atomic E-state index is 0. The second-order valence-corrected chi connectivity index (χ2v) is 14.0. The molecule has 1 aromatic heterocycles. The lowest BCUT2D eigenvalue weighted by Gasteiger charge is -2.27. The Morgan fingerprint density at radius 1 is 0.789 bits per heavy atom. The van der Waals surface area contributed by atoms with Crippen LogP contribution >= 0.6 is 0 Å². The van der Waals surface area contributed by atoms with Gasteiger partial charge in [0.25, 0.3) is 0 Å². The molecule has 0 bridgehead atoms. The maximum atomic E-state index is 9.37. The van der Waals surface area contributed by atoms with E-state index in [-0.39, 0.29) is 35.3 Å². The van der Waals surface area contributed by atoms with Crippen molar-refractivity contribution >= 4 is 33.1 Å². The van der Waals surface area contributed by atoms with Gasteiger partial charge in [-0.25, -0.2) is 0 Å². The lowest BCUT2D eigenvalue weighted by Crippen LogP contribution is -2.22. The zero-order chi connectivity index (χ0) is 37.1. The van der Waals surface area contributed by atoms with E-state index < -0.39 is 0 Å². The number of nitrogens with zero attached hydrogens (tertiary/aromatic N) is 4. The van der Waals surface area contributed by atoms with Crippen molar-refractivity contribution in [3.63, 3.8) is 0 Å². The molecule has 6 nitrogen and oxygen atoms in total. The summed E-state index contributed by atoms with van der Waals surface area (Å²) in [5.74, 6) is 2.96. The number of fused-ring (bicyclic) bond motifs is 4. The summed E-state index contributed by atoms with van der Waals surface area (Å²) >= 11 is 0. The largest absolute Gasteiger partial charge is 0.462 e. The highest BCUT2D eigenvalue weighted by atomic mass is 16.5. The predicted molar refractivity (Wildman–Crippen MR) is 242 cm³/mol. The molecular weight excluding hydrogens is 701 g/mol. The fourth-order valence-electron chi connectivity index (χ4n) is 7.79. The number of ether oxygens (including phenoxy) is 2. The summed E-state index contributed by atoms with van der Waals surface area (Å²) in [5, 5.41) is 21.4. The van der Waals surface area contributed by atoms with E-state index in [4.69, 9.17) is 9.47 Å². The second-order valence-electron chi connectivity index (χ2n) is 14.0. The molecule has 0 amide bonds. The third-order valence-electron chi connectivity index (χ3n) is 10.5. The van der Waals surface area contributed by atoms with E-state index in [1.165, 1.54) is 32.9 Å². The average Bonchev–Trinajstić information content (AvgIpc) is 3.51. The number of hydrogen-bond acceptors (Lipinski definition) is 5. The quantitative estimate of drug-likeness (QED) is 0.133. The Morgan fingerprint density at radius 3 is 2.02 bits per heavy atom. The van der Waals surface area contributed by atoms with Gasteiger partial charge in [0.15, 0.2) is 0 Å². The van der Waals surface area contributed by atoms with Gasteiger partial charge in [-0.15, -0.1) is 0 Å². The molecule has 0 saturated carbocycles. The van der Waals surface area contributed by atoms with Crippen LogP contribution in [0, 0.1) is 22.7 Å². The van der Waals surface area contributed by atoms with Crippen LogP contribution in [0.5, 0.6) is 5.75 Å². The van der Waals surface area contributed by atoms with Gasteiger partial charge in [-0.2, -0.15) is 10.5 Å². The molecule has 0 fully saturated rings. The van der Waals surface area contributed by atoms with E-state index in [1.807, 2.05) is 18.2 Å². The van der Waals surface area contributed by atoms with Crippen LogP contribution in [0.25, 0.3) is 27.4 Å². The normalized spacial score (nSPS) is 14.5. The number of aromatic nitrogens is 1. The van der Waals surface area contributed by atoms with Crippen molar-refractivity contribution in [3.05, 3.63) is 160 Å². The smallest absolute Gasteiger partial charge is 0.137 e. The molecular formula is C51H60N4O2. The zero-order valence-corrected chi connectivity index (χ0v) is 31.1. The molecule has 2 aliphatic rings. The summed E-state index contributed by atoms with van der Waals surface area (Å²) in [4.78, 5) is 2.36. The van der Waals surface area contributed by atoms with Crippen LogP contribution in [0.2, 0.25) is 0 Å². The fourth-order valence-corrected chi connectivity index (χ4v) is 7.79. The first-order valence-electron chi connectivity index (χ1n) is 18.5. The molecule has 3 heterocycles. The Bertz CT molecular complexity index is 2370. The summed E-state index contributed by atoms with van der Waals surface area (Å²) in [6.07, 6.45) is 9.31. The highest BCUT2D eigenvalue weighted by Gasteiger charge is 2.21. The molecule has 296 valence electrons. The molecule has 6 heteroatoms. The van der Waals surface area contributed by atoms with Crippen molar-refractivity contribution in [2.75, 3.05) is 11.4 Å². The van der Waals surface area contributed by atoms with Crippen molar-refractivity contribution < 1.29 is 9.47 Å². The first-order valence-corrected chi connectivity index (χ1v) is 18.5. The van der Waals surface area contributed by atoms with Gasteiger partial charge in [-0.1, -0.05) is 97.3 Å². The van der Waals surface area contributed by atoms with E-state index in [2.05, 4.69) is 128 Å². The van der Waals surface area contributed by atoms with Gasteiger partial charge >= 0.3 is 0 Å². The number of para-hydroxylation sites is 2. The average molecular weight is 761 g/mol. The molecule has 2 unspecified atom stereocenters. The standard InChI is InChI=1S/C47H44N4O2.4CH4/c1-6-35(23-32(4)51-45-14-10-8-12-43(45)44-13-9-11-15-46(44)51)36-18-16-34(17-19-36)30-50(7-2)39-20-21-42-31(3)22-40(53-47(42)26-39)27-41-25-37(24-33(5)52-41)38(28-48)29-49;;;;/h8-22,24-27,32,35H,6-7,23,30H2,1-5H3;4*1H4/b40-27+;;;;. The molecule has 2 atom stereocenters. The first kappa shape index (κ1) is 45.2. The molecule has 5 aromatic rings. The molecule has 0 saturated heterocycles. The fraction of sp³-hybridized carbons (Fsp3) is 0.294. The van der Waals surface area contributed by atoms with Crippen LogP contribution in [0.3, 0.4) is 0 Å². The monoisotopic (exact) mass is 760 g/mol. The van der Waals surface area contributed by atoms with Crippen molar-refractivity contribution in [1.29, 1.82) is 10.5 Å². The molecule has 0 N–H and O–H groups in total. The number of benzene rings is 4. The Kier molecular flexibility index (Phi) is 15.5. The van der Waals surface area contributed by atoms with Crippen LogP contribution in [-0.2, 0) is 11.3 Å². The van der Waals surface area contributed by atoms with E-state index in [0.717, 1.165) is 48.5 Å². The second kappa shape index (κ2) is 19.6. The van der Waals surface area contributed by atoms with E-state index in [1.54, 1.807) is 25.2 Å². The summed E-state index contributed by atoms with van der Waals surface area (Å²) < 4.78 is 14.8. The third-order valence-corrected chi connectivity index (χ3v) is 10.5. The number of anilines is 1. The molecule has 0 radical (unpaired) electrons. The van der Waals surface area contributed by atoms with Gasteiger partial charge in [0.2, 0.25) is 0 Å². The summed E-state index contributed by atoms with van der Waals surface area (Å²) in [5.41, 5.74) is 9.03. The molecule has 2 aliphatic heterocycles. The van der Waals surface area contributed by atoms with Crippen molar-refractivity contribution in [2.24, 2.45) is 0 Å². The maximum Gasteiger partial charge on any atom is 0.137 e. The third kappa shape index (κ3) is 9.25. The zero-order valence-electron chi connectivity index (χ0n) is 31.1. The lowest BCUT2D eigenvalue weighted by atomic mass is 9.89. The predicted octanol–water partition coefficient (Wildman–Crippen LogP) is 14.4. The minimum absolute atomic E-state index is 0. The Morgan fingerprint density at radius 2 is 1.42 bits per heavy atom. The van der Waals surface area contributed by atoms with Crippen LogP contribution < -0.4 is 9.64 Å². The van der Waals surface area contributed by atoms with E-state index in [0.29, 0.717) is 34.8 Å². The van der Waals surface area contributed by atoms with Gasteiger partial charge in [-0.05, 0) is 106 Å². The summed E-state index contributed by atoms with van der Waals surface area (Å²) in [6, 6.07) is 37.5. The Balaban J connectivity index is 0.00000218. The lowest BCUT2D eigenvalue weighted by molar-refractivity contribution is 0.313. The molecule has 57 heavy (non-hydrogen) atoms. The van der Waals surface area contributed by atoms with Crippen LogP contribution in [0.1, 0.15) is 106 Å². The van der Waals surface area contributed by atoms with Gasteiger partial charge in [0.05, 0.1) is 0 Å². The number of rotatable bonds is 10. The van der Waals surface area contributed by atoms with Crippen LogP contribution in [-0.4, -0.2) is 11.1 Å². The van der Waals surface area contributed by atoms with Crippen molar-refractivity contribution in [3.8, 4) is 17.9 Å². The van der Waals surface area contributed by atoms with Crippen LogP contribution in [0.15, 0.2) is 144 Å². The molecule has 4 aromatic carbocycles. The van der Waals surface area contributed by atoms with E-state index in [9.17, 15) is 10.5 Å². The number of hydrogen-bond donors (Lipinski definition) is 0. The van der Waals surface area contributed by atoms with Gasteiger partial charge in [-0.3, -0.25) is 0 Å². The van der Waals surface area contributed by atoms with Gasteiger partial charge < -0.3 is 18.9 Å². The van der Waals surface area contributed by atoms with E-state index >= 15 is 0 Å². The minimum Gasteiger partial charge on any atom is -0.462 e. The topological polar surface area (TPSA) is 74.2 Å². The highest BCUT2D eigenvalue weighted by molar-refractivity contribution is 6.08. The summed E-state index contributed by atoms with van der Waals surface area (Å²) in [7, 11) is 0. The summed E-state index contributed by atoms with van der Waals surface area (Å²) in [6.45, 7) is 12.3.